The summed E-state index contributed by atoms with van der Waals surface area (Å²) in [5.74, 6) is 1.92. The van der Waals surface area contributed by atoms with Gasteiger partial charge in [-0.05, 0) is 30.7 Å². The Hall–Kier alpha value is -2.17. The minimum absolute atomic E-state index is 0.0866. The highest BCUT2D eigenvalue weighted by Crippen LogP contribution is 2.17. The van der Waals surface area contributed by atoms with E-state index in [2.05, 4.69) is 41.4 Å². The zero-order valence-electron chi connectivity index (χ0n) is 14.6. The van der Waals surface area contributed by atoms with Crippen molar-refractivity contribution in [1.29, 1.82) is 0 Å². The van der Waals surface area contributed by atoms with Crippen LogP contribution in [0, 0.1) is 0 Å². The molecule has 0 saturated heterocycles. The first-order valence-electron chi connectivity index (χ1n) is 8.82. The molecule has 0 aliphatic carbocycles. The summed E-state index contributed by atoms with van der Waals surface area (Å²) in [4.78, 5) is 16.2. The standard InChI is InChI=1S/C19H27N3O2/c1-3-8-17-21-19(24-22-17)12-7-11-18(23)20-14-13-15(2)16-9-5-4-6-10-16/h4-6,9-10,15H,3,7-8,11-14H2,1-2H3,(H,20,23). The molecular formula is C19H27N3O2. The molecule has 1 N–H and O–H groups in total. The zero-order valence-corrected chi connectivity index (χ0v) is 14.6. The third-order valence-corrected chi connectivity index (χ3v) is 4.05. The fourth-order valence-corrected chi connectivity index (χ4v) is 2.58. The molecule has 130 valence electrons. The first kappa shape index (κ1) is 18.2. The molecule has 0 aliphatic rings. The van der Waals surface area contributed by atoms with Gasteiger partial charge in [0.05, 0.1) is 0 Å². The molecule has 2 rings (SSSR count). The number of nitrogens with one attached hydrogen (secondary N) is 1. The average molecular weight is 329 g/mol. The van der Waals surface area contributed by atoms with Gasteiger partial charge in [0.2, 0.25) is 11.8 Å². The van der Waals surface area contributed by atoms with Crippen LogP contribution in [0.1, 0.15) is 62.7 Å². The van der Waals surface area contributed by atoms with Crippen molar-refractivity contribution in [1.82, 2.24) is 15.5 Å². The lowest BCUT2D eigenvalue weighted by Gasteiger charge is -2.12. The maximum atomic E-state index is 11.9. The topological polar surface area (TPSA) is 68.0 Å². The molecule has 0 fully saturated rings. The first-order chi connectivity index (χ1) is 11.7. The molecule has 1 heterocycles. The third kappa shape index (κ3) is 6.14. The van der Waals surface area contributed by atoms with E-state index < -0.39 is 0 Å². The van der Waals surface area contributed by atoms with E-state index in [9.17, 15) is 4.79 Å². The third-order valence-electron chi connectivity index (χ3n) is 4.05. The molecule has 1 unspecified atom stereocenters. The highest BCUT2D eigenvalue weighted by molar-refractivity contribution is 5.75. The molecule has 0 saturated carbocycles. The summed E-state index contributed by atoms with van der Waals surface area (Å²) in [6.07, 6.45) is 4.66. The number of aryl methyl sites for hydroxylation is 2. The van der Waals surface area contributed by atoms with Gasteiger partial charge >= 0.3 is 0 Å². The lowest BCUT2D eigenvalue weighted by Crippen LogP contribution is -2.25. The molecule has 5 heteroatoms. The Morgan fingerprint density at radius 2 is 2.04 bits per heavy atom. The van der Waals surface area contributed by atoms with Crippen molar-refractivity contribution in [2.24, 2.45) is 0 Å². The van der Waals surface area contributed by atoms with Gasteiger partial charge in [0.15, 0.2) is 5.82 Å². The molecule has 1 aromatic carbocycles. The minimum atomic E-state index is 0.0866. The van der Waals surface area contributed by atoms with E-state index in [1.165, 1.54) is 5.56 Å². The van der Waals surface area contributed by atoms with Gasteiger partial charge in [0, 0.05) is 25.8 Å². The van der Waals surface area contributed by atoms with Crippen molar-refractivity contribution in [3.63, 3.8) is 0 Å². The Bertz CT molecular complexity index is 610. The van der Waals surface area contributed by atoms with Gasteiger partial charge in [-0.25, -0.2) is 0 Å². The molecule has 1 atom stereocenters. The van der Waals surface area contributed by atoms with E-state index in [0.29, 0.717) is 31.2 Å². The summed E-state index contributed by atoms with van der Waals surface area (Å²) >= 11 is 0. The maximum Gasteiger partial charge on any atom is 0.226 e. The first-order valence-corrected chi connectivity index (χ1v) is 8.82. The zero-order chi connectivity index (χ0) is 17.2. The van der Waals surface area contributed by atoms with Crippen LogP contribution in [-0.4, -0.2) is 22.6 Å². The van der Waals surface area contributed by atoms with E-state index in [0.717, 1.165) is 31.5 Å². The second-order valence-corrected chi connectivity index (χ2v) is 6.16. The molecular weight excluding hydrogens is 302 g/mol. The number of hydrogen-bond donors (Lipinski definition) is 1. The molecule has 2 aromatic rings. The lowest BCUT2D eigenvalue weighted by atomic mass is 9.98. The minimum Gasteiger partial charge on any atom is -0.356 e. The van der Waals surface area contributed by atoms with Crippen molar-refractivity contribution in [2.45, 2.75) is 58.3 Å². The Labute approximate surface area is 143 Å². The molecule has 0 radical (unpaired) electrons. The van der Waals surface area contributed by atoms with Gasteiger partial charge in [-0.3, -0.25) is 4.79 Å². The van der Waals surface area contributed by atoms with Crippen molar-refractivity contribution in [3.8, 4) is 0 Å². The van der Waals surface area contributed by atoms with Gasteiger partial charge in [0.25, 0.3) is 0 Å². The monoisotopic (exact) mass is 329 g/mol. The second kappa shape index (κ2) is 9.85. The van der Waals surface area contributed by atoms with Crippen LogP contribution >= 0.6 is 0 Å². The average Bonchev–Trinajstić information content (AvgIpc) is 3.03. The van der Waals surface area contributed by atoms with Crippen LogP contribution < -0.4 is 5.32 Å². The number of hydrogen-bond acceptors (Lipinski definition) is 4. The summed E-state index contributed by atoms with van der Waals surface area (Å²) in [6, 6.07) is 10.4. The predicted octanol–water partition coefficient (Wildman–Crippen LogP) is 3.65. The molecule has 1 aromatic heterocycles. The smallest absolute Gasteiger partial charge is 0.226 e. The summed E-state index contributed by atoms with van der Waals surface area (Å²) < 4.78 is 5.17. The van der Waals surface area contributed by atoms with Crippen molar-refractivity contribution in [2.75, 3.05) is 6.54 Å². The van der Waals surface area contributed by atoms with E-state index >= 15 is 0 Å². The fraction of sp³-hybridized carbons (Fsp3) is 0.526. The van der Waals surface area contributed by atoms with E-state index in [-0.39, 0.29) is 5.91 Å². The highest BCUT2D eigenvalue weighted by atomic mass is 16.5. The number of carbonyl (C=O) groups is 1. The number of aromatic nitrogens is 2. The van der Waals surface area contributed by atoms with Gasteiger partial charge in [-0.2, -0.15) is 4.98 Å². The normalized spacial score (nSPS) is 12.1. The summed E-state index contributed by atoms with van der Waals surface area (Å²) in [5, 5.41) is 6.90. The Balaban J connectivity index is 1.59. The molecule has 0 spiro atoms. The molecule has 0 bridgehead atoms. The molecule has 0 aliphatic heterocycles. The lowest BCUT2D eigenvalue weighted by molar-refractivity contribution is -0.121. The Kier molecular flexibility index (Phi) is 7.46. The largest absolute Gasteiger partial charge is 0.356 e. The molecule has 24 heavy (non-hydrogen) atoms. The van der Waals surface area contributed by atoms with Crippen LogP contribution in [0.5, 0.6) is 0 Å². The van der Waals surface area contributed by atoms with Crippen LogP contribution in [0.25, 0.3) is 0 Å². The molecule has 1 amide bonds. The van der Waals surface area contributed by atoms with Crippen LogP contribution in [0.3, 0.4) is 0 Å². The highest BCUT2D eigenvalue weighted by Gasteiger charge is 2.08. The van der Waals surface area contributed by atoms with Crippen LogP contribution in [0.2, 0.25) is 0 Å². The SMILES string of the molecule is CCCc1noc(CCCC(=O)NCCC(C)c2ccccc2)n1. The Morgan fingerprint density at radius 3 is 2.79 bits per heavy atom. The molecule has 5 nitrogen and oxygen atoms in total. The number of nitrogens with zero attached hydrogens (tertiary/aromatic N) is 2. The van der Waals surface area contributed by atoms with Crippen molar-refractivity contribution in [3.05, 3.63) is 47.6 Å². The predicted molar refractivity (Wildman–Crippen MR) is 93.7 cm³/mol. The van der Waals surface area contributed by atoms with E-state index in [1.807, 2.05) is 18.2 Å². The fourth-order valence-electron chi connectivity index (χ4n) is 2.58. The summed E-state index contributed by atoms with van der Waals surface area (Å²) in [6.45, 7) is 4.97. The van der Waals surface area contributed by atoms with Crippen LogP contribution in [0.4, 0.5) is 0 Å². The van der Waals surface area contributed by atoms with E-state index in [4.69, 9.17) is 4.52 Å². The van der Waals surface area contributed by atoms with Gasteiger partial charge < -0.3 is 9.84 Å². The van der Waals surface area contributed by atoms with Crippen LogP contribution in [0.15, 0.2) is 34.9 Å². The van der Waals surface area contributed by atoms with E-state index in [1.54, 1.807) is 0 Å². The number of amides is 1. The quantitative estimate of drug-likeness (QED) is 0.722. The van der Waals surface area contributed by atoms with Gasteiger partial charge in [0.1, 0.15) is 0 Å². The van der Waals surface area contributed by atoms with Crippen molar-refractivity contribution >= 4 is 5.91 Å². The Morgan fingerprint density at radius 1 is 1.25 bits per heavy atom. The van der Waals surface area contributed by atoms with Crippen molar-refractivity contribution < 1.29 is 9.32 Å². The number of benzene rings is 1. The summed E-state index contributed by atoms with van der Waals surface area (Å²) in [7, 11) is 0. The number of carbonyl (C=O) groups excluding carboxylic acids is 1. The second-order valence-electron chi connectivity index (χ2n) is 6.16. The number of rotatable bonds is 10. The summed E-state index contributed by atoms with van der Waals surface area (Å²) in [5.41, 5.74) is 1.31. The maximum absolute atomic E-state index is 11.9. The van der Waals surface area contributed by atoms with Crippen LogP contribution in [-0.2, 0) is 17.6 Å². The van der Waals surface area contributed by atoms with Gasteiger partial charge in [-0.1, -0.05) is 49.3 Å². The van der Waals surface area contributed by atoms with Gasteiger partial charge in [-0.15, -0.1) is 0 Å².